The van der Waals surface area contributed by atoms with Crippen molar-refractivity contribution >= 4 is 35.2 Å². The molecular weight excluding hydrogens is 332 g/mol. The van der Waals surface area contributed by atoms with Gasteiger partial charge in [-0.3, -0.25) is 20.4 Å². The number of thioether (sulfide) groups is 1. The largest absolute Gasteiger partial charge is 0.272 e. The molecule has 0 saturated heterocycles. The molecule has 0 aliphatic carbocycles. The standard InChI is InChI=1S/C17H17ClN2O2S/c1-12-6-2-4-8-14(12)17(22)20-19-16(21)11-23-10-13-7-3-5-9-15(13)18/h2-9H,10-11H2,1H3,(H,19,21)(H,20,22). The summed E-state index contributed by atoms with van der Waals surface area (Å²) in [5, 5.41) is 0.688. The zero-order chi connectivity index (χ0) is 16.7. The first-order valence-electron chi connectivity index (χ1n) is 7.04. The fraction of sp³-hybridized carbons (Fsp3) is 0.176. The first-order chi connectivity index (χ1) is 11.1. The van der Waals surface area contributed by atoms with E-state index in [-0.39, 0.29) is 17.6 Å². The van der Waals surface area contributed by atoms with Gasteiger partial charge in [-0.2, -0.15) is 0 Å². The number of nitrogens with one attached hydrogen (secondary N) is 2. The highest BCUT2D eigenvalue weighted by Gasteiger charge is 2.09. The molecule has 2 aromatic carbocycles. The minimum Gasteiger partial charge on any atom is -0.272 e. The number of rotatable bonds is 5. The van der Waals surface area contributed by atoms with Crippen LogP contribution in [0.3, 0.4) is 0 Å². The highest BCUT2D eigenvalue weighted by molar-refractivity contribution is 7.99. The molecule has 0 aliphatic heterocycles. The van der Waals surface area contributed by atoms with Gasteiger partial charge in [-0.15, -0.1) is 11.8 Å². The van der Waals surface area contributed by atoms with Crippen molar-refractivity contribution in [3.63, 3.8) is 0 Å². The number of halogens is 1. The van der Waals surface area contributed by atoms with Crippen molar-refractivity contribution in [2.75, 3.05) is 5.75 Å². The van der Waals surface area contributed by atoms with Crippen molar-refractivity contribution < 1.29 is 9.59 Å². The lowest BCUT2D eigenvalue weighted by Gasteiger charge is -2.09. The number of carbonyl (C=O) groups excluding carboxylic acids is 2. The van der Waals surface area contributed by atoms with Crippen molar-refractivity contribution in [3.8, 4) is 0 Å². The number of hydrogen-bond acceptors (Lipinski definition) is 3. The van der Waals surface area contributed by atoms with Crippen LogP contribution in [0.15, 0.2) is 48.5 Å². The van der Waals surface area contributed by atoms with Gasteiger partial charge >= 0.3 is 0 Å². The molecule has 0 spiro atoms. The molecule has 0 saturated carbocycles. The molecule has 0 atom stereocenters. The van der Waals surface area contributed by atoms with Crippen LogP contribution in [-0.2, 0) is 10.5 Å². The summed E-state index contributed by atoms with van der Waals surface area (Å²) < 4.78 is 0. The monoisotopic (exact) mass is 348 g/mol. The molecule has 23 heavy (non-hydrogen) atoms. The predicted octanol–water partition coefficient (Wildman–Crippen LogP) is 3.34. The van der Waals surface area contributed by atoms with Crippen LogP contribution in [0, 0.1) is 6.92 Å². The van der Waals surface area contributed by atoms with Crippen molar-refractivity contribution in [3.05, 3.63) is 70.2 Å². The van der Waals surface area contributed by atoms with E-state index in [1.54, 1.807) is 12.1 Å². The smallest absolute Gasteiger partial charge is 0.269 e. The van der Waals surface area contributed by atoms with E-state index in [9.17, 15) is 9.59 Å². The third-order valence-electron chi connectivity index (χ3n) is 3.15. The summed E-state index contributed by atoms with van der Waals surface area (Å²) >= 11 is 7.49. The second-order valence-corrected chi connectivity index (χ2v) is 6.29. The van der Waals surface area contributed by atoms with E-state index >= 15 is 0 Å². The Morgan fingerprint density at radius 1 is 1.04 bits per heavy atom. The highest BCUT2D eigenvalue weighted by atomic mass is 35.5. The lowest BCUT2D eigenvalue weighted by Crippen LogP contribution is -2.42. The normalized spacial score (nSPS) is 10.2. The van der Waals surface area contributed by atoms with E-state index in [0.29, 0.717) is 16.3 Å². The molecule has 6 heteroatoms. The van der Waals surface area contributed by atoms with Crippen LogP contribution in [0.25, 0.3) is 0 Å². The molecule has 0 fully saturated rings. The van der Waals surface area contributed by atoms with Crippen LogP contribution in [0.1, 0.15) is 21.5 Å². The van der Waals surface area contributed by atoms with E-state index < -0.39 is 0 Å². The van der Waals surface area contributed by atoms with E-state index in [1.165, 1.54) is 11.8 Å². The molecule has 2 rings (SSSR count). The minimum atomic E-state index is -0.326. The van der Waals surface area contributed by atoms with Gasteiger partial charge in [-0.25, -0.2) is 0 Å². The number of hydrazine groups is 1. The first-order valence-corrected chi connectivity index (χ1v) is 8.57. The van der Waals surface area contributed by atoms with Gasteiger partial charge < -0.3 is 0 Å². The summed E-state index contributed by atoms with van der Waals surface area (Å²) in [6.07, 6.45) is 0. The molecule has 4 nitrogen and oxygen atoms in total. The van der Waals surface area contributed by atoms with Crippen LogP contribution < -0.4 is 10.9 Å². The van der Waals surface area contributed by atoms with E-state index in [1.807, 2.05) is 43.3 Å². The Bertz CT molecular complexity index is 706. The maximum absolute atomic E-state index is 12.0. The molecule has 0 aromatic heterocycles. The average molecular weight is 349 g/mol. The highest BCUT2D eigenvalue weighted by Crippen LogP contribution is 2.20. The van der Waals surface area contributed by atoms with Crippen LogP contribution in [-0.4, -0.2) is 17.6 Å². The molecule has 0 heterocycles. The minimum absolute atomic E-state index is 0.235. The Morgan fingerprint density at radius 2 is 1.74 bits per heavy atom. The van der Waals surface area contributed by atoms with Gasteiger partial charge in [0.15, 0.2) is 0 Å². The number of carbonyl (C=O) groups is 2. The van der Waals surface area contributed by atoms with Gasteiger partial charge in [0.2, 0.25) is 5.91 Å². The van der Waals surface area contributed by atoms with Crippen molar-refractivity contribution in [1.82, 2.24) is 10.9 Å². The van der Waals surface area contributed by atoms with Crippen LogP contribution >= 0.6 is 23.4 Å². The SMILES string of the molecule is Cc1ccccc1C(=O)NNC(=O)CSCc1ccccc1Cl. The second kappa shape index (κ2) is 8.60. The van der Waals surface area contributed by atoms with Crippen LogP contribution in [0.5, 0.6) is 0 Å². The third-order valence-corrected chi connectivity index (χ3v) is 4.50. The molecule has 2 aromatic rings. The number of benzene rings is 2. The molecular formula is C17H17ClN2O2S. The molecule has 0 radical (unpaired) electrons. The lowest BCUT2D eigenvalue weighted by molar-refractivity contribution is -0.119. The molecule has 120 valence electrons. The van der Waals surface area contributed by atoms with Gasteiger partial charge in [-0.05, 0) is 30.2 Å². The fourth-order valence-electron chi connectivity index (χ4n) is 1.93. The van der Waals surface area contributed by atoms with Crippen LogP contribution in [0.2, 0.25) is 5.02 Å². The van der Waals surface area contributed by atoms with Gasteiger partial charge in [0.05, 0.1) is 5.75 Å². The summed E-state index contributed by atoms with van der Waals surface area (Å²) in [6, 6.07) is 14.7. The van der Waals surface area contributed by atoms with Gasteiger partial charge in [0.25, 0.3) is 5.91 Å². The Hall–Kier alpha value is -1.98. The third kappa shape index (κ3) is 5.30. The van der Waals surface area contributed by atoms with Crippen molar-refractivity contribution in [1.29, 1.82) is 0 Å². The summed E-state index contributed by atoms with van der Waals surface area (Å²) in [5.74, 6) is 0.287. The fourth-order valence-corrected chi connectivity index (χ4v) is 3.04. The topological polar surface area (TPSA) is 58.2 Å². The van der Waals surface area contributed by atoms with E-state index in [2.05, 4.69) is 10.9 Å². The van der Waals surface area contributed by atoms with E-state index in [0.717, 1.165) is 11.1 Å². The van der Waals surface area contributed by atoms with Gasteiger partial charge in [-0.1, -0.05) is 48.0 Å². The first kappa shape index (κ1) is 17.4. The van der Waals surface area contributed by atoms with Crippen LogP contribution in [0.4, 0.5) is 0 Å². The Labute approximate surface area is 144 Å². The quantitative estimate of drug-likeness (QED) is 0.815. The zero-order valence-corrected chi connectivity index (χ0v) is 14.2. The lowest BCUT2D eigenvalue weighted by atomic mass is 10.1. The molecule has 2 N–H and O–H groups in total. The number of aryl methyl sites for hydroxylation is 1. The molecule has 0 aliphatic rings. The number of hydrogen-bond donors (Lipinski definition) is 2. The maximum atomic E-state index is 12.0. The van der Waals surface area contributed by atoms with E-state index in [4.69, 9.17) is 11.6 Å². The summed E-state index contributed by atoms with van der Waals surface area (Å²) in [7, 11) is 0. The van der Waals surface area contributed by atoms with Crippen molar-refractivity contribution in [2.24, 2.45) is 0 Å². The summed E-state index contributed by atoms with van der Waals surface area (Å²) in [5.41, 5.74) is 7.21. The number of amides is 2. The second-order valence-electron chi connectivity index (χ2n) is 4.90. The predicted molar refractivity (Wildman–Crippen MR) is 94.4 cm³/mol. The maximum Gasteiger partial charge on any atom is 0.269 e. The Balaban J connectivity index is 1.74. The van der Waals surface area contributed by atoms with Crippen molar-refractivity contribution in [2.45, 2.75) is 12.7 Å². The summed E-state index contributed by atoms with van der Waals surface area (Å²) in [4.78, 5) is 23.7. The average Bonchev–Trinajstić information content (AvgIpc) is 2.55. The van der Waals surface area contributed by atoms with Gasteiger partial charge in [0.1, 0.15) is 0 Å². The Morgan fingerprint density at radius 3 is 2.48 bits per heavy atom. The molecule has 0 unspecified atom stereocenters. The summed E-state index contributed by atoms with van der Waals surface area (Å²) in [6.45, 7) is 1.84. The Kier molecular flexibility index (Phi) is 6.50. The zero-order valence-electron chi connectivity index (χ0n) is 12.6. The molecule has 0 bridgehead atoms. The van der Waals surface area contributed by atoms with Gasteiger partial charge in [0, 0.05) is 16.3 Å². The molecule has 2 amide bonds.